The van der Waals surface area contributed by atoms with Crippen LogP contribution in [0.5, 0.6) is 0 Å². The SMILES string of the molecule is CC(C)CN(CCC#N)c1cc(Cl)ccc1N. The van der Waals surface area contributed by atoms with Crippen molar-refractivity contribution in [2.75, 3.05) is 23.7 Å². The van der Waals surface area contributed by atoms with Gasteiger partial charge in [-0.15, -0.1) is 0 Å². The summed E-state index contributed by atoms with van der Waals surface area (Å²) >= 11 is 5.98. The standard InChI is InChI=1S/C13H18ClN3/c1-10(2)9-17(7-3-6-15)13-8-11(14)4-5-12(13)16/h4-5,8,10H,3,7,9,16H2,1-2H3. The van der Waals surface area contributed by atoms with Crippen LogP contribution in [0.3, 0.4) is 0 Å². The van der Waals surface area contributed by atoms with Crippen LogP contribution in [-0.2, 0) is 0 Å². The first-order valence-corrected chi connectivity index (χ1v) is 6.09. The molecule has 0 fully saturated rings. The summed E-state index contributed by atoms with van der Waals surface area (Å²) in [6, 6.07) is 7.60. The van der Waals surface area contributed by atoms with Gasteiger partial charge in [-0.05, 0) is 24.1 Å². The summed E-state index contributed by atoms with van der Waals surface area (Å²) in [5.41, 5.74) is 7.57. The van der Waals surface area contributed by atoms with Gasteiger partial charge in [-0.2, -0.15) is 5.26 Å². The Morgan fingerprint density at radius 1 is 1.47 bits per heavy atom. The Hall–Kier alpha value is -1.40. The van der Waals surface area contributed by atoms with E-state index in [0.29, 0.717) is 29.6 Å². The third-order valence-electron chi connectivity index (χ3n) is 2.41. The molecule has 0 aliphatic carbocycles. The van der Waals surface area contributed by atoms with Gasteiger partial charge in [0.25, 0.3) is 0 Å². The van der Waals surface area contributed by atoms with Crippen LogP contribution in [0, 0.1) is 17.2 Å². The number of nitrogens with two attached hydrogens (primary N) is 1. The lowest BCUT2D eigenvalue weighted by Crippen LogP contribution is -2.29. The lowest BCUT2D eigenvalue weighted by molar-refractivity contribution is 0.612. The fourth-order valence-corrected chi connectivity index (χ4v) is 1.89. The number of rotatable bonds is 5. The van der Waals surface area contributed by atoms with Crippen molar-refractivity contribution in [1.82, 2.24) is 0 Å². The number of hydrogen-bond donors (Lipinski definition) is 1. The Morgan fingerprint density at radius 2 is 2.18 bits per heavy atom. The molecule has 0 unspecified atom stereocenters. The van der Waals surface area contributed by atoms with E-state index in [-0.39, 0.29) is 0 Å². The molecular weight excluding hydrogens is 234 g/mol. The van der Waals surface area contributed by atoms with Crippen LogP contribution in [0.4, 0.5) is 11.4 Å². The number of nitriles is 1. The molecule has 0 saturated heterocycles. The molecule has 17 heavy (non-hydrogen) atoms. The molecule has 0 radical (unpaired) electrons. The highest BCUT2D eigenvalue weighted by Gasteiger charge is 2.11. The summed E-state index contributed by atoms with van der Waals surface area (Å²) in [7, 11) is 0. The van der Waals surface area contributed by atoms with Crippen molar-refractivity contribution < 1.29 is 0 Å². The quantitative estimate of drug-likeness (QED) is 0.817. The van der Waals surface area contributed by atoms with Gasteiger partial charge in [0, 0.05) is 18.1 Å². The topological polar surface area (TPSA) is 53.0 Å². The Labute approximate surface area is 108 Å². The first kappa shape index (κ1) is 13.7. The maximum atomic E-state index is 8.69. The largest absolute Gasteiger partial charge is 0.397 e. The van der Waals surface area contributed by atoms with E-state index >= 15 is 0 Å². The molecule has 0 heterocycles. The predicted molar refractivity (Wildman–Crippen MR) is 73.1 cm³/mol. The Balaban J connectivity index is 2.94. The number of halogens is 1. The van der Waals surface area contributed by atoms with Gasteiger partial charge in [0.05, 0.1) is 23.9 Å². The number of hydrogen-bond acceptors (Lipinski definition) is 3. The van der Waals surface area contributed by atoms with Gasteiger partial charge in [-0.3, -0.25) is 0 Å². The smallest absolute Gasteiger partial charge is 0.0640 e. The molecule has 0 saturated carbocycles. The van der Waals surface area contributed by atoms with Gasteiger partial charge >= 0.3 is 0 Å². The first-order chi connectivity index (χ1) is 8.04. The molecule has 4 heteroatoms. The highest BCUT2D eigenvalue weighted by Crippen LogP contribution is 2.27. The minimum absolute atomic E-state index is 0.485. The van der Waals surface area contributed by atoms with Crippen LogP contribution in [0.2, 0.25) is 5.02 Å². The monoisotopic (exact) mass is 251 g/mol. The van der Waals surface area contributed by atoms with Crippen molar-refractivity contribution in [3.63, 3.8) is 0 Å². The van der Waals surface area contributed by atoms with Gasteiger partial charge in [-0.1, -0.05) is 25.4 Å². The molecule has 2 N–H and O–H groups in total. The number of nitrogens with zero attached hydrogens (tertiary/aromatic N) is 2. The van der Waals surface area contributed by atoms with Crippen LogP contribution in [0.25, 0.3) is 0 Å². The maximum Gasteiger partial charge on any atom is 0.0640 e. The summed E-state index contributed by atoms with van der Waals surface area (Å²) in [5.74, 6) is 0.507. The number of nitrogen functional groups attached to an aromatic ring is 1. The average molecular weight is 252 g/mol. The van der Waals surface area contributed by atoms with Gasteiger partial charge in [-0.25, -0.2) is 0 Å². The first-order valence-electron chi connectivity index (χ1n) is 5.71. The molecule has 1 aromatic carbocycles. The fourth-order valence-electron chi connectivity index (χ4n) is 1.73. The lowest BCUT2D eigenvalue weighted by atomic mass is 10.1. The van der Waals surface area contributed by atoms with E-state index in [2.05, 4.69) is 24.8 Å². The Kier molecular flexibility index (Phi) is 5.11. The molecule has 0 spiro atoms. The fraction of sp³-hybridized carbons (Fsp3) is 0.462. The second kappa shape index (κ2) is 6.36. The van der Waals surface area contributed by atoms with Crippen LogP contribution >= 0.6 is 11.6 Å². The van der Waals surface area contributed by atoms with E-state index < -0.39 is 0 Å². The van der Waals surface area contributed by atoms with E-state index in [0.717, 1.165) is 12.2 Å². The van der Waals surface area contributed by atoms with Gasteiger partial charge in [0.1, 0.15) is 0 Å². The highest BCUT2D eigenvalue weighted by molar-refractivity contribution is 6.31. The third kappa shape index (κ3) is 4.16. The van der Waals surface area contributed by atoms with Crippen LogP contribution < -0.4 is 10.6 Å². The van der Waals surface area contributed by atoms with Gasteiger partial charge < -0.3 is 10.6 Å². The number of anilines is 2. The molecule has 0 atom stereocenters. The van der Waals surface area contributed by atoms with E-state index in [4.69, 9.17) is 22.6 Å². The summed E-state index contributed by atoms with van der Waals surface area (Å²) < 4.78 is 0. The zero-order valence-electron chi connectivity index (χ0n) is 10.3. The zero-order chi connectivity index (χ0) is 12.8. The van der Waals surface area contributed by atoms with Crippen LogP contribution in [0.15, 0.2) is 18.2 Å². The van der Waals surface area contributed by atoms with Crippen molar-refractivity contribution in [3.8, 4) is 6.07 Å². The summed E-state index contributed by atoms with van der Waals surface area (Å²) in [6.07, 6.45) is 0.485. The zero-order valence-corrected chi connectivity index (χ0v) is 11.0. The van der Waals surface area contributed by atoms with E-state index in [9.17, 15) is 0 Å². The maximum absolute atomic E-state index is 8.69. The Morgan fingerprint density at radius 3 is 2.76 bits per heavy atom. The average Bonchev–Trinajstić information content (AvgIpc) is 2.27. The number of benzene rings is 1. The van der Waals surface area contributed by atoms with Gasteiger partial charge in [0.2, 0.25) is 0 Å². The predicted octanol–water partition coefficient (Wildman–Crippen LogP) is 3.30. The van der Waals surface area contributed by atoms with Crippen LogP contribution in [-0.4, -0.2) is 13.1 Å². The molecule has 1 rings (SSSR count). The molecule has 0 aliphatic heterocycles. The Bertz CT molecular complexity index is 410. The third-order valence-corrected chi connectivity index (χ3v) is 2.65. The minimum atomic E-state index is 0.485. The molecule has 1 aromatic rings. The summed E-state index contributed by atoms with van der Waals surface area (Å²) in [6.45, 7) is 5.83. The molecule has 3 nitrogen and oxygen atoms in total. The second-order valence-electron chi connectivity index (χ2n) is 4.45. The molecule has 0 aliphatic rings. The van der Waals surface area contributed by atoms with Gasteiger partial charge in [0.15, 0.2) is 0 Å². The van der Waals surface area contributed by atoms with E-state index in [1.54, 1.807) is 12.1 Å². The van der Waals surface area contributed by atoms with E-state index in [1.807, 2.05) is 6.07 Å². The normalized spacial score (nSPS) is 10.3. The molecule has 92 valence electrons. The molecule has 0 bridgehead atoms. The minimum Gasteiger partial charge on any atom is -0.397 e. The summed E-state index contributed by atoms with van der Waals surface area (Å²) in [5, 5.41) is 9.35. The lowest BCUT2D eigenvalue weighted by Gasteiger charge is -2.27. The van der Waals surface area contributed by atoms with Crippen molar-refractivity contribution in [1.29, 1.82) is 5.26 Å². The second-order valence-corrected chi connectivity index (χ2v) is 4.89. The van der Waals surface area contributed by atoms with E-state index in [1.165, 1.54) is 0 Å². The van der Waals surface area contributed by atoms with Crippen molar-refractivity contribution in [3.05, 3.63) is 23.2 Å². The molecular formula is C13H18ClN3. The highest BCUT2D eigenvalue weighted by atomic mass is 35.5. The van der Waals surface area contributed by atoms with Crippen molar-refractivity contribution in [2.24, 2.45) is 5.92 Å². The molecule has 0 amide bonds. The molecule has 0 aromatic heterocycles. The van der Waals surface area contributed by atoms with Crippen LogP contribution in [0.1, 0.15) is 20.3 Å². The van der Waals surface area contributed by atoms with Crippen molar-refractivity contribution in [2.45, 2.75) is 20.3 Å². The van der Waals surface area contributed by atoms with Crippen molar-refractivity contribution >= 4 is 23.0 Å². The summed E-state index contributed by atoms with van der Waals surface area (Å²) in [4.78, 5) is 2.12.